The molecule has 1 aromatic heterocycles. The van der Waals surface area contributed by atoms with E-state index in [0.29, 0.717) is 25.2 Å². The highest BCUT2D eigenvalue weighted by atomic mass is 16.3. The standard InChI is InChI=1S/C13H17N5O2/c14-7-11-8-18(17-16-11)9-13(20)15-6-5-10-1-3-12(19)4-2-10/h1-4,8,19H,5-7,9,14H2,(H,15,20). The van der Waals surface area contributed by atoms with Gasteiger partial charge in [0.1, 0.15) is 12.3 Å². The molecule has 7 heteroatoms. The van der Waals surface area contributed by atoms with Crippen molar-refractivity contribution in [1.29, 1.82) is 0 Å². The molecular formula is C13H17N5O2. The fourth-order valence-corrected chi connectivity index (χ4v) is 1.72. The summed E-state index contributed by atoms with van der Waals surface area (Å²) in [5.41, 5.74) is 7.12. The molecular weight excluding hydrogens is 258 g/mol. The van der Waals surface area contributed by atoms with Crippen LogP contribution in [-0.4, -0.2) is 32.6 Å². The zero-order valence-corrected chi connectivity index (χ0v) is 11.0. The van der Waals surface area contributed by atoms with Crippen molar-refractivity contribution in [2.24, 2.45) is 5.73 Å². The number of benzene rings is 1. The number of carbonyl (C=O) groups is 1. The summed E-state index contributed by atoms with van der Waals surface area (Å²) in [4.78, 5) is 11.7. The van der Waals surface area contributed by atoms with Crippen molar-refractivity contribution >= 4 is 5.91 Å². The number of phenols is 1. The smallest absolute Gasteiger partial charge is 0.241 e. The fraction of sp³-hybridized carbons (Fsp3) is 0.308. The number of aromatic hydroxyl groups is 1. The van der Waals surface area contributed by atoms with E-state index in [2.05, 4.69) is 15.6 Å². The molecule has 0 atom stereocenters. The molecule has 0 saturated heterocycles. The van der Waals surface area contributed by atoms with Gasteiger partial charge in [-0.25, -0.2) is 4.68 Å². The summed E-state index contributed by atoms with van der Waals surface area (Å²) < 4.78 is 1.46. The number of amides is 1. The summed E-state index contributed by atoms with van der Waals surface area (Å²) in [5.74, 6) is 0.108. The summed E-state index contributed by atoms with van der Waals surface area (Å²) in [6.07, 6.45) is 2.36. The second-order valence-electron chi connectivity index (χ2n) is 4.38. The van der Waals surface area contributed by atoms with Gasteiger partial charge in [-0.05, 0) is 24.1 Å². The molecule has 0 spiro atoms. The molecule has 0 saturated carbocycles. The van der Waals surface area contributed by atoms with Crippen LogP contribution in [0.3, 0.4) is 0 Å². The molecule has 1 heterocycles. The Morgan fingerprint density at radius 1 is 1.35 bits per heavy atom. The first-order valence-corrected chi connectivity index (χ1v) is 6.31. The highest BCUT2D eigenvalue weighted by molar-refractivity contribution is 5.75. The van der Waals surface area contributed by atoms with Gasteiger partial charge in [0, 0.05) is 13.1 Å². The number of aromatic nitrogens is 3. The highest BCUT2D eigenvalue weighted by Gasteiger charge is 2.05. The van der Waals surface area contributed by atoms with Gasteiger partial charge in [-0.3, -0.25) is 4.79 Å². The molecule has 0 radical (unpaired) electrons. The predicted molar refractivity (Wildman–Crippen MR) is 72.7 cm³/mol. The van der Waals surface area contributed by atoms with Crippen LogP contribution in [-0.2, 0) is 24.3 Å². The number of nitrogens with zero attached hydrogens (tertiary/aromatic N) is 3. The van der Waals surface area contributed by atoms with Crippen LogP contribution in [0.2, 0.25) is 0 Å². The SMILES string of the molecule is NCc1cn(CC(=O)NCCc2ccc(O)cc2)nn1. The maximum atomic E-state index is 11.7. The minimum absolute atomic E-state index is 0.128. The molecule has 0 unspecified atom stereocenters. The second-order valence-corrected chi connectivity index (χ2v) is 4.38. The number of carbonyl (C=O) groups excluding carboxylic acids is 1. The number of rotatable bonds is 6. The Balaban J connectivity index is 1.73. The van der Waals surface area contributed by atoms with Gasteiger partial charge in [0.15, 0.2) is 0 Å². The minimum atomic E-state index is -0.128. The number of phenolic OH excluding ortho intramolecular Hbond substituents is 1. The van der Waals surface area contributed by atoms with Crippen LogP contribution in [0.25, 0.3) is 0 Å². The maximum absolute atomic E-state index is 11.7. The van der Waals surface area contributed by atoms with Gasteiger partial charge in [0.25, 0.3) is 0 Å². The van der Waals surface area contributed by atoms with E-state index in [-0.39, 0.29) is 18.2 Å². The van der Waals surface area contributed by atoms with E-state index in [1.165, 1.54) is 4.68 Å². The van der Waals surface area contributed by atoms with E-state index < -0.39 is 0 Å². The van der Waals surface area contributed by atoms with Crippen molar-refractivity contribution in [1.82, 2.24) is 20.3 Å². The van der Waals surface area contributed by atoms with Crippen molar-refractivity contribution in [2.75, 3.05) is 6.54 Å². The first-order valence-electron chi connectivity index (χ1n) is 6.31. The van der Waals surface area contributed by atoms with Crippen LogP contribution in [0.1, 0.15) is 11.3 Å². The predicted octanol–water partition coefficient (Wildman–Crippen LogP) is -0.199. The van der Waals surface area contributed by atoms with Gasteiger partial charge in [0.05, 0.1) is 11.9 Å². The molecule has 7 nitrogen and oxygen atoms in total. The molecule has 4 N–H and O–H groups in total. The fourth-order valence-electron chi connectivity index (χ4n) is 1.72. The molecule has 106 valence electrons. The lowest BCUT2D eigenvalue weighted by atomic mass is 10.1. The molecule has 0 bridgehead atoms. The lowest BCUT2D eigenvalue weighted by Crippen LogP contribution is -2.29. The third-order valence-electron chi connectivity index (χ3n) is 2.77. The molecule has 0 aliphatic rings. The quantitative estimate of drug-likeness (QED) is 0.677. The third kappa shape index (κ3) is 4.06. The Morgan fingerprint density at radius 2 is 2.10 bits per heavy atom. The Labute approximate surface area is 116 Å². The molecule has 2 rings (SSSR count). The van der Waals surface area contributed by atoms with Gasteiger partial charge in [0.2, 0.25) is 5.91 Å². The zero-order chi connectivity index (χ0) is 14.4. The number of hydrogen-bond acceptors (Lipinski definition) is 5. The summed E-state index contributed by atoms with van der Waals surface area (Å²) in [6.45, 7) is 0.965. The average molecular weight is 275 g/mol. The zero-order valence-electron chi connectivity index (χ0n) is 11.0. The average Bonchev–Trinajstić information content (AvgIpc) is 2.88. The Bertz CT molecular complexity index is 564. The van der Waals surface area contributed by atoms with E-state index in [1.54, 1.807) is 18.3 Å². The molecule has 2 aromatic rings. The largest absolute Gasteiger partial charge is 0.508 e. The molecule has 20 heavy (non-hydrogen) atoms. The first kappa shape index (κ1) is 14.0. The van der Waals surface area contributed by atoms with Crippen LogP contribution >= 0.6 is 0 Å². The van der Waals surface area contributed by atoms with E-state index in [4.69, 9.17) is 10.8 Å². The molecule has 1 amide bonds. The Kier molecular flexibility index (Phi) is 4.67. The summed E-state index contributed by atoms with van der Waals surface area (Å²) in [7, 11) is 0. The molecule has 0 aliphatic heterocycles. The van der Waals surface area contributed by atoms with Gasteiger partial charge < -0.3 is 16.2 Å². The van der Waals surface area contributed by atoms with Gasteiger partial charge in [-0.15, -0.1) is 5.10 Å². The molecule has 0 aliphatic carbocycles. The third-order valence-corrected chi connectivity index (χ3v) is 2.77. The topological polar surface area (TPSA) is 106 Å². The maximum Gasteiger partial charge on any atom is 0.241 e. The monoisotopic (exact) mass is 275 g/mol. The number of nitrogens with one attached hydrogen (secondary N) is 1. The number of hydrogen-bond donors (Lipinski definition) is 3. The summed E-state index contributed by atoms with van der Waals surface area (Å²) in [6, 6.07) is 6.90. The van der Waals surface area contributed by atoms with Crippen LogP contribution in [0.5, 0.6) is 5.75 Å². The van der Waals surface area contributed by atoms with E-state index in [1.807, 2.05) is 12.1 Å². The lowest BCUT2D eigenvalue weighted by Gasteiger charge is -2.05. The second kappa shape index (κ2) is 6.67. The lowest BCUT2D eigenvalue weighted by molar-refractivity contribution is -0.121. The van der Waals surface area contributed by atoms with Crippen LogP contribution in [0.4, 0.5) is 0 Å². The van der Waals surface area contributed by atoms with Crippen molar-refractivity contribution in [3.05, 3.63) is 41.7 Å². The van der Waals surface area contributed by atoms with E-state index in [0.717, 1.165) is 5.56 Å². The summed E-state index contributed by atoms with van der Waals surface area (Å²) >= 11 is 0. The van der Waals surface area contributed by atoms with Crippen molar-refractivity contribution in [3.63, 3.8) is 0 Å². The van der Waals surface area contributed by atoms with Crippen LogP contribution in [0, 0.1) is 0 Å². The van der Waals surface area contributed by atoms with Gasteiger partial charge in [-0.2, -0.15) is 0 Å². The van der Waals surface area contributed by atoms with Gasteiger partial charge in [-0.1, -0.05) is 17.3 Å². The van der Waals surface area contributed by atoms with Crippen molar-refractivity contribution < 1.29 is 9.90 Å². The van der Waals surface area contributed by atoms with Crippen molar-refractivity contribution in [2.45, 2.75) is 19.5 Å². The molecule has 0 fully saturated rings. The van der Waals surface area contributed by atoms with E-state index in [9.17, 15) is 4.79 Å². The molecule has 1 aromatic carbocycles. The van der Waals surface area contributed by atoms with Crippen molar-refractivity contribution in [3.8, 4) is 5.75 Å². The number of nitrogens with two attached hydrogens (primary N) is 1. The van der Waals surface area contributed by atoms with Crippen LogP contribution < -0.4 is 11.1 Å². The first-order chi connectivity index (χ1) is 9.67. The van der Waals surface area contributed by atoms with Crippen LogP contribution in [0.15, 0.2) is 30.5 Å². The van der Waals surface area contributed by atoms with Gasteiger partial charge >= 0.3 is 0 Å². The highest BCUT2D eigenvalue weighted by Crippen LogP contribution is 2.09. The minimum Gasteiger partial charge on any atom is -0.508 e. The Hall–Kier alpha value is -2.41. The summed E-state index contributed by atoms with van der Waals surface area (Å²) in [5, 5.41) is 19.6. The normalized spacial score (nSPS) is 10.4. The Morgan fingerprint density at radius 3 is 2.75 bits per heavy atom. The van der Waals surface area contributed by atoms with E-state index >= 15 is 0 Å².